The first-order valence-corrected chi connectivity index (χ1v) is 9.04. The second kappa shape index (κ2) is 7.21. The quantitative estimate of drug-likeness (QED) is 0.902. The fourth-order valence-corrected chi connectivity index (χ4v) is 4.67. The van der Waals surface area contributed by atoms with Crippen LogP contribution in [0.5, 0.6) is 0 Å². The number of benzene rings is 1. The third-order valence-electron chi connectivity index (χ3n) is 4.42. The van der Waals surface area contributed by atoms with Crippen LogP contribution in [0.15, 0.2) is 24.3 Å². The van der Waals surface area contributed by atoms with Crippen molar-refractivity contribution in [3.8, 4) is 0 Å². The second-order valence-corrected chi connectivity index (χ2v) is 7.94. The van der Waals surface area contributed by atoms with Gasteiger partial charge in [-0.05, 0) is 36.8 Å². The van der Waals surface area contributed by atoms with Crippen LogP contribution in [0.3, 0.4) is 0 Å². The van der Waals surface area contributed by atoms with E-state index in [9.17, 15) is 9.00 Å². The molecule has 1 aromatic carbocycles. The third kappa shape index (κ3) is 4.40. The van der Waals surface area contributed by atoms with Crippen molar-refractivity contribution >= 4 is 16.8 Å². The van der Waals surface area contributed by atoms with Crippen LogP contribution < -0.4 is 0 Å². The second-order valence-electron chi connectivity index (χ2n) is 6.22. The molecule has 0 spiro atoms. The summed E-state index contributed by atoms with van der Waals surface area (Å²) in [5, 5.41) is 9.32. The minimum atomic E-state index is -0.821. The lowest BCUT2D eigenvalue weighted by Crippen LogP contribution is -2.24. The first-order valence-electron chi connectivity index (χ1n) is 7.66. The predicted molar refractivity (Wildman–Crippen MR) is 85.8 cm³/mol. The molecule has 4 atom stereocenters. The number of carboxylic acid groups (broad SMARTS) is 1. The van der Waals surface area contributed by atoms with E-state index in [2.05, 4.69) is 6.92 Å². The first-order chi connectivity index (χ1) is 9.97. The van der Waals surface area contributed by atoms with E-state index in [1.807, 2.05) is 24.3 Å². The monoisotopic (exact) mass is 308 g/mol. The molecule has 0 saturated heterocycles. The van der Waals surface area contributed by atoms with E-state index >= 15 is 0 Å². The molecule has 21 heavy (non-hydrogen) atoms. The molecular weight excluding hydrogens is 284 g/mol. The Balaban J connectivity index is 1.96. The maximum absolute atomic E-state index is 12.5. The number of carbonyl (C=O) groups is 1. The average molecular weight is 308 g/mol. The Morgan fingerprint density at radius 2 is 2.00 bits per heavy atom. The van der Waals surface area contributed by atoms with Crippen molar-refractivity contribution in [2.75, 3.05) is 0 Å². The number of hydrogen-bond acceptors (Lipinski definition) is 2. The maximum Gasteiger partial charge on any atom is 0.310 e. The van der Waals surface area contributed by atoms with E-state index in [1.165, 1.54) is 12.8 Å². The van der Waals surface area contributed by atoms with Gasteiger partial charge in [0.15, 0.2) is 0 Å². The van der Waals surface area contributed by atoms with Crippen molar-refractivity contribution in [3.05, 3.63) is 35.4 Å². The molecule has 1 saturated carbocycles. The maximum atomic E-state index is 12.5. The van der Waals surface area contributed by atoms with Gasteiger partial charge in [-0.25, -0.2) is 0 Å². The number of rotatable bonds is 5. The molecule has 0 aromatic heterocycles. The van der Waals surface area contributed by atoms with Gasteiger partial charge in [0.2, 0.25) is 0 Å². The van der Waals surface area contributed by atoms with Gasteiger partial charge in [0.1, 0.15) is 0 Å². The Morgan fingerprint density at radius 1 is 1.33 bits per heavy atom. The molecule has 1 N–H and O–H groups in total. The zero-order chi connectivity index (χ0) is 15.4. The zero-order valence-corrected chi connectivity index (χ0v) is 13.6. The third-order valence-corrected chi connectivity index (χ3v) is 6.21. The number of hydrogen-bond donors (Lipinski definition) is 1. The van der Waals surface area contributed by atoms with E-state index in [4.69, 9.17) is 5.11 Å². The van der Waals surface area contributed by atoms with Gasteiger partial charge in [-0.1, -0.05) is 44.0 Å². The van der Waals surface area contributed by atoms with Gasteiger partial charge in [-0.2, -0.15) is 0 Å². The lowest BCUT2D eigenvalue weighted by Gasteiger charge is -2.26. The van der Waals surface area contributed by atoms with Gasteiger partial charge in [0.05, 0.1) is 5.92 Å². The van der Waals surface area contributed by atoms with Crippen LogP contribution in [-0.4, -0.2) is 20.5 Å². The van der Waals surface area contributed by atoms with Crippen molar-refractivity contribution < 1.29 is 14.1 Å². The summed E-state index contributed by atoms with van der Waals surface area (Å²) < 4.78 is 12.5. The highest BCUT2D eigenvalue weighted by Crippen LogP contribution is 2.28. The molecule has 1 aromatic rings. The standard InChI is InChI=1S/C17H24O3S/c1-12-4-3-5-16(10-12)21(20)11-14-6-8-15(9-7-14)13(2)17(18)19/h6-9,12-13,16H,3-5,10-11H2,1-2H3,(H,18,19). The zero-order valence-electron chi connectivity index (χ0n) is 12.7. The average Bonchev–Trinajstić information content (AvgIpc) is 2.47. The summed E-state index contributed by atoms with van der Waals surface area (Å²) in [5.74, 6) is -0.0446. The minimum Gasteiger partial charge on any atom is -0.481 e. The van der Waals surface area contributed by atoms with Crippen molar-refractivity contribution in [1.82, 2.24) is 0 Å². The van der Waals surface area contributed by atoms with Crippen molar-refractivity contribution in [3.63, 3.8) is 0 Å². The Kier molecular flexibility index (Phi) is 5.57. The van der Waals surface area contributed by atoms with Crippen LogP contribution in [0.4, 0.5) is 0 Å². The summed E-state index contributed by atoms with van der Waals surface area (Å²) in [6.45, 7) is 3.92. The van der Waals surface area contributed by atoms with Crippen molar-refractivity contribution in [2.24, 2.45) is 5.92 Å². The van der Waals surface area contributed by atoms with Gasteiger partial charge in [0, 0.05) is 21.8 Å². The molecule has 0 aliphatic heterocycles. The Hall–Kier alpha value is -1.16. The normalized spacial score (nSPS) is 25.2. The van der Waals surface area contributed by atoms with Crippen molar-refractivity contribution in [1.29, 1.82) is 0 Å². The molecule has 4 heteroatoms. The van der Waals surface area contributed by atoms with Crippen molar-refractivity contribution in [2.45, 2.75) is 56.5 Å². The fraction of sp³-hybridized carbons (Fsp3) is 0.588. The Labute approximate surface area is 129 Å². The van der Waals surface area contributed by atoms with Gasteiger partial charge in [-0.3, -0.25) is 9.00 Å². The molecule has 116 valence electrons. The molecular formula is C17H24O3S. The number of aliphatic carboxylic acids is 1. The van der Waals surface area contributed by atoms with E-state index in [-0.39, 0.29) is 0 Å². The first kappa shape index (κ1) is 16.2. The molecule has 2 rings (SSSR count). The SMILES string of the molecule is CC1CCCC(S(=O)Cc2ccc(C(C)C(=O)O)cc2)C1. The molecule has 1 fully saturated rings. The van der Waals surface area contributed by atoms with Gasteiger partial charge in [-0.15, -0.1) is 0 Å². The lowest BCUT2D eigenvalue weighted by molar-refractivity contribution is -0.138. The predicted octanol–water partition coefficient (Wildman–Crippen LogP) is 3.70. The van der Waals surface area contributed by atoms with Crippen LogP contribution in [-0.2, 0) is 21.3 Å². The Bertz CT molecular complexity index is 509. The molecule has 0 heterocycles. The lowest BCUT2D eigenvalue weighted by atomic mass is 9.91. The molecule has 3 nitrogen and oxygen atoms in total. The largest absolute Gasteiger partial charge is 0.481 e. The molecule has 0 radical (unpaired) electrons. The van der Waals surface area contributed by atoms with Gasteiger partial charge in [0.25, 0.3) is 0 Å². The highest BCUT2D eigenvalue weighted by Gasteiger charge is 2.24. The summed E-state index contributed by atoms with van der Waals surface area (Å²) in [6.07, 6.45) is 4.59. The summed E-state index contributed by atoms with van der Waals surface area (Å²) >= 11 is 0. The van der Waals surface area contributed by atoms with Gasteiger partial charge >= 0.3 is 5.97 Å². The highest BCUT2D eigenvalue weighted by atomic mass is 32.2. The van der Waals surface area contributed by atoms with E-state index in [0.29, 0.717) is 16.9 Å². The molecule has 1 aliphatic rings. The van der Waals surface area contributed by atoms with Crippen LogP contribution in [0.25, 0.3) is 0 Å². The van der Waals surface area contributed by atoms with Crippen LogP contribution in [0.1, 0.15) is 56.6 Å². The van der Waals surface area contributed by atoms with E-state index in [0.717, 1.165) is 24.0 Å². The van der Waals surface area contributed by atoms with Crippen LogP contribution in [0.2, 0.25) is 0 Å². The smallest absolute Gasteiger partial charge is 0.310 e. The number of carboxylic acids is 1. The van der Waals surface area contributed by atoms with E-state index in [1.54, 1.807) is 6.92 Å². The van der Waals surface area contributed by atoms with E-state index < -0.39 is 22.7 Å². The molecule has 0 amide bonds. The molecule has 0 bridgehead atoms. The Morgan fingerprint density at radius 3 is 2.57 bits per heavy atom. The van der Waals surface area contributed by atoms with Crippen LogP contribution >= 0.6 is 0 Å². The minimum absolute atomic E-state index is 0.325. The summed E-state index contributed by atoms with van der Waals surface area (Å²) in [5.41, 5.74) is 1.83. The fourth-order valence-electron chi connectivity index (χ4n) is 2.94. The van der Waals surface area contributed by atoms with Gasteiger partial charge < -0.3 is 5.11 Å². The topological polar surface area (TPSA) is 54.4 Å². The van der Waals surface area contributed by atoms with Crippen LogP contribution in [0, 0.1) is 5.92 Å². The highest BCUT2D eigenvalue weighted by molar-refractivity contribution is 7.84. The summed E-state index contributed by atoms with van der Waals surface area (Å²) in [7, 11) is -0.821. The summed E-state index contributed by atoms with van der Waals surface area (Å²) in [4.78, 5) is 11.0. The molecule has 1 aliphatic carbocycles. The molecule has 4 unspecified atom stereocenters. The summed E-state index contributed by atoms with van der Waals surface area (Å²) in [6, 6.07) is 7.52.